The van der Waals surface area contributed by atoms with Crippen LogP contribution in [-0.2, 0) is 33.3 Å². The summed E-state index contributed by atoms with van der Waals surface area (Å²) in [6, 6.07) is 0. The van der Waals surface area contributed by atoms with Crippen LogP contribution in [0.25, 0.3) is 0 Å². The summed E-state index contributed by atoms with van der Waals surface area (Å²) in [6.07, 6.45) is 102. The molecule has 0 aromatic rings. The van der Waals surface area contributed by atoms with E-state index < -0.39 is 24.3 Å². The number of hydrogen-bond donors (Lipinski definition) is 0. The molecule has 0 aromatic carbocycles. The van der Waals surface area contributed by atoms with Crippen molar-refractivity contribution < 1.29 is 42.9 Å². The van der Waals surface area contributed by atoms with Gasteiger partial charge in [-0.15, -0.1) is 0 Å². The fraction of sp³-hybridized carbons (Fsp3) is 0.562. The van der Waals surface area contributed by atoms with E-state index >= 15 is 0 Å². The highest BCUT2D eigenvalue weighted by molar-refractivity contribution is 5.70. The molecule has 0 saturated carbocycles. The van der Waals surface area contributed by atoms with Gasteiger partial charge in [0, 0.05) is 12.8 Å². The number of esters is 2. The number of carboxylic acid groups (broad SMARTS) is 1. The molecule has 0 aliphatic carbocycles. The topological polar surface area (TPSA) is 111 Å². The summed E-state index contributed by atoms with van der Waals surface area (Å²) in [5.74, 6) is -2.34. The van der Waals surface area contributed by atoms with E-state index in [4.69, 9.17) is 18.9 Å². The Kier molecular flexibility index (Phi) is 63.6. The van der Waals surface area contributed by atoms with Gasteiger partial charge in [0.05, 0.1) is 40.3 Å². The summed E-state index contributed by atoms with van der Waals surface area (Å²) in [5.41, 5.74) is 0. The molecular formula is C80H125NO8. The zero-order valence-corrected chi connectivity index (χ0v) is 56.7. The first-order valence-corrected chi connectivity index (χ1v) is 34.6. The van der Waals surface area contributed by atoms with E-state index in [-0.39, 0.29) is 38.6 Å². The second kappa shape index (κ2) is 68.0. The van der Waals surface area contributed by atoms with Crippen molar-refractivity contribution >= 4 is 17.9 Å². The molecule has 0 saturated heterocycles. The number of carboxylic acids is 1. The monoisotopic (exact) mass is 1230 g/mol. The minimum absolute atomic E-state index is 0.131. The lowest BCUT2D eigenvalue weighted by atomic mass is 10.1. The van der Waals surface area contributed by atoms with E-state index in [1.807, 2.05) is 21.1 Å². The van der Waals surface area contributed by atoms with Crippen LogP contribution in [0.15, 0.2) is 194 Å². The summed E-state index contributed by atoms with van der Waals surface area (Å²) >= 11 is 0. The first kappa shape index (κ1) is 83.1. The number of ether oxygens (including phenoxy) is 4. The van der Waals surface area contributed by atoms with E-state index in [9.17, 15) is 19.5 Å². The minimum Gasteiger partial charge on any atom is -0.545 e. The molecule has 9 heteroatoms. The van der Waals surface area contributed by atoms with E-state index in [1.165, 1.54) is 32.1 Å². The van der Waals surface area contributed by atoms with Crippen molar-refractivity contribution in [1.82, 2.24) is 0 Å². The van der Waals surface area contributed by atoms with Crippen molar-refractivity contribution in [2.45, 2.75) is 245 Å². The highest BCUT2D eigenvalue weighted by Gasteiger charge is 2.22. The number of allylic oxidation sites excluding steroid dienone is 32. The van der Waals surface area contributed by atoms with Gasteiger partial charge in [0.25, 0.3) is 0 Å². The fourth-order valence-electron chi connectivity index (χ4n) is 8.63. The summed E-state index contributed by atoms with van der Waals surface area (Å²) in [6.45, 7) is 4.46. The molecule has 0 aliphatic rings. The van der Waals surface area contributed by atoms with Crippen LogP contribution < -0.4 is 5.11 Å². The van der Waals surface area contributed by atoms with Gasteiger partial charge >= 0.3 is 11.9 Å². The van der Waals surface area contributed by atoms with Crippen LogP contribution in [0.5, 0.6) is 0 Å². The van der Waals surface area contributed by atoms with E-state index in [0.29, 0.717) is 17.4 Å². The zero-order valence-electron chi connectivity index (χ0n) is 56.7. The van der Waals surface area contributed by atoms with Crippen LogP contribution in [0.2, 0.25) is 0 Å². The normalized spacial score (nSPS) is 13.9. The molecule has 0 N–H and O–H groups in total. The molecule has 0 bridgehead atoms. The SMILES string of the molecule is CC/C=C\C/C=C\C/C=C\C/C=C\C/C=C\C/C=C\C/C=C\C/C=C\C/C=C\C/C=C\C/C=C\CCCCCCCC(=O)OC(COC(=O)CCCCCCCCCCC/C=C\C/C=C\C/C=C\C/C=C\C/C=C\CC)COC(OCC[N+](C)(C)C)C(=O)[O-]. The molecule has 0 fully saturated rings. The Balaban J connectivity index is 4.27. The highest BCUT2D eigenvalue weighted by Crippen LogP contribution is 2.14. The predicted molar refractivity (Wildman–Crippen MR) is 379 cm³/mol. The van der Waals surface area contributed by atoms with E-state index in [1.54, 1.807) is 0 Å². The van der Waals surface area contributed by atoms with Gasteiger partial charge < -0.3 is 33.3 Å². The molecule has 0 aromatic heterocycles. The first-order chi connectivity index (χ1) is 43.6. The van der Waals surface area contributed by atoms with Crippen LogP contribution in [-0.4, -0.2) is 82.3 Å². The quantitative estimate of drug-likeness (QED) is 0.0195. The number of likely N-dealkylation sites (N-methyl/N-ethyl adjacent to an activating group) is 1. The van der Waals surface area contributed by atoms with Gasteiger partial charge in [0.2, 0.25) is 0 Å². The maximum Gasteiger partial charge on any atom is 0.306 e. The van der Waals surface area contributed by atoms with Crippen molar-refractivity contribution in [3.8, 4) is 0 Å². The molecule has 9 nitrogen and oxygen atoms in total. The lowest BCUT2D eigenvalue weighted by Crippen LogP contribution is -2.44. The van der Waals surface area contributed by atoms with E-state index in [2.05, 4.69) is 208 Å². The smallest absolute Gasteiger partial charge is 0.306 e. The van der Waals surface area contributed by atoms with E-state index in [0.717, 1.165) is 167 Å². The van der Waals surface area contributed by atoms with Gasteiger partial charge in [0.1, 0.15) is 13.2 Å². The number of aliphatic carboxylic acids is 1. The van der Waals surface area contributed by atoms with Gasteiger partial charge in [-0.05, 0) is 141 Å². The molecule has 89 heavy (non-hydrogen) atoms. The fourth-order valence-corrected chi connectivity index (χ4v) is 8.63. The first-order valence-electron chi connectivity index (χ1n) is 34.6. The third kappa shape index (κ3) is 69.5. The average Bonchev–Trinajstić information content (AvgIpc) is 3.64. The third-order valence-electron chi connectivity index (χ3n) is 13.8. The minimum atomic E-state index is -1.64. The van der Waals surface area contributed by atoms with Crippen molar-refractivity contribution in [3.63, 3.8) is 0 Å². The Bertz CT molecular complexity index is 2160. The van der Waals surface area contributed by atoms with Crippen LogP contribution in [0.1, 0.15) is 232 Å². The predicted octanol–water partition coefficient (Wildman–Crippen LogP) is 20.5. The molecule has 498 valence electrons. The summed E-state index contributed by atoms with van der Waals surface area (Å²) in [4.78, 5) is 37.5. The second-order valence-electron chi connectivity index (χ2n) is 23.3. The highest BCUT2D eigenvalue weighted by atomic mass is 16.7. The number of hydrogen-bond acceptors (Lipinski definition) is 8. The van der Waals surface area contributed by atoms with Gasteiger partial charge in [-0.2, -0.15) is 0 Å². The Morgan fingerprint density at radius 3 is 0.899 bits per heavy atom. The molecule has 2 atom stereocenters. The Morgan fingerprint density at radius 2 is 0.607 bits per heavy atom. The van der Waals surface area contributed by atoms with Gasteiger partial charge in [-0.25, -0.2) is 0 Å². The van der Waals surface area contributed by atoms with Crippen molar-refractivity contribution in [1.29, 1.82) is 0 Å². The Labute approximate surface area is 544 Å². The molecule has 0 amide bonds. The molecule has 0 radical (unpaired) electrons. The number of nitrogens with zero attached hydrogens (tertiary/aromatic N) is 1. The van der Waals surface area contributed by atoms with Crippen LogP contribution in [0, 0.1) is 0 Å². The lowest BCUT2D eigenvalue weighted by molar-refractivity contribution is -0.870. The number of carbonyl (C=O) groups excluding carboxylic acids is 3. The number of quaternary nitrogens is 1. The average molecular weight is 1230 g/mol. The molecule has 0 rings (SSSR count). The number of unbranched alkanes of at least 4 members (excludes halogenated alkanes) is 14. The summed E-state index contributed by atoms with van der Waals surface area (Å²) in [7, 11) is 5.90. The van der Waals surface area contributed by atoms with Crippen molar-refractivity contribution in [2.75, 3.05) is 47.5 Å². The van der Waals surface area contributed by atoms with Gasteiger partial charge in [-0.1, -0.05) is 272 Å². The molecular weight excluding hydrogens is 1100 g/mol. The maximum atomic E-state index is 12.9. The molecule has 0 aliphatic heterocycles. The molecule has 2 unspecified atom stereocenters. The Morgan fingerprint density at radius 1 is 0.337 bits per heavy atom. The summed E-state index contributed by atoms with van der Waals surface area (Å²) < 4.78 is 22.7. The van der Waals surface area contributed by atoms with Crippen LogP contribution >= 0.6 is 0 Å². The zero-order chi connectivity index (χ0) is 64.7. The van der Waals surface area contributed by atoms with Crippen LogP contribution in [0.3, 0.4) is 0 Å². The number of rotatable bonds is 61. The second-order valence-corrected chi connectivity index (χ2v) is 23.3. The summed E-state index contributed by atoms with van der Waals surface area (Å²) in [5, 5.41) is 11.8. The molecule has 0 heterocycles. The largest absolute Gasteiger partial charge is 0.545 e. The molecule has 0 spiro atoms. The lowest BCUT2D eigenvalue weighted by Gasteiger charge is -2.26. The Hall–Kier alpha value is -5.87. The maximum absolute atomic E-state index is 12.9. The van der Waals surface area contributed by atoms with Crippen molar-refractivity contribution in [3.05, 3.63) is 194 Å². The number of carbonyl (C=O) groups is 3. The third-order valence-corrected chi connectivity index (χ3v) is 13.8. The van der Waals surface area contributed by atoms with Crippen molar-refractivity contribution in [2.24, 2.45) is 0 Å². The standard InChI is InChI=1S/C80H125NO8/c1-6-8-10-12-14-16-18-20-22-24-26-28-30-32-33-34-35-36-37-38-39-40-41-42-43-44-45-47-49-51-53-55-57-59-61-63-65-67-69-71-78(83)89-76(75-88-80(79(84)85)86-73-72-81(3,4)5)74-87-77(82)70-68-66-64-62-60-58-56-54-52-50-48-46-31-29-27-25-23-21-19-17-15-13-11-9-7-2/h8-11,14-17,20-23,26-29,32-33,35-36,38-39,41-42,44-46,48-49,51,55,57,76,80H,6-7,12-13,18-19,24-25,30-31,34,37,40,43,47,50,52-54,56,58-75H2,1-5H3/b10-8-,11-9-,16-14-,17-15-,22-20-,23-21-,28-26-,29-27-,33-32-,36-35-,39-38-,42-41-,45-44-,48-46-,51-49-,57-55-. The van der Waals surface area contributed by atoms with Crippen LogP contribution in [0.4, 0.5) is 0 Å². The van der Waals surface area contributed by atoms with Gasteiger partial charge in [-0.3, -0.25) is 9.59 Å². The van der Waals surface area contributed by atoms with Gasteiger partial charge in [0.15, 0.2) is 12.4 Å².